The Bertz CT molecular complexity index is 523. The van der Waals surface area contributed by atoms with E-state index in [4.69, 9.17) is 0 Å². The van der Waals surface area contributed by atoms with E-state index >= 15 is 0 Å². The van der Waals surface area contributed by atoms with E-state index in [2.05, 4.69) is 183 Å². The molecule has 290 valence electrons. The summed E-state index contributed by atoms with van der Waals surface area (Å²) in [5.41, 5.74) is 0. The molecule has 0 heterocycles. The SMILES string of the molecule is CC(CCN(C)C)CCN(C)C.CN(C)CCCCN(C)C.CN(C)CCCN(C)C.CN(C)CCN(CCN(C)C)CCN(C)C. The topological polar surface area (TPSA) is 32.4 Å². The third kappa shape index (κ3) is 61.3. The van der Waals surface area contributed by atoms with E-state index in [0.29, 0.717) is 0 Å². The number of nitrogens with zero attached hydrogens (tertiary/aromatic N) is 10. The fourth-order valence-corrected chi connectivity index (χ4v) is 4.02. The number of unbranched alkanes of at least 4 members (excludes halogenated alkanes) is 1. The first-order chi connectivity index (χ1) is 21.7. The van der Waals surface area contributed by atoms with Crippen LogP contribution in [0.3, 0.4) is 0 Å². The van der Waals surface area contributed by atoms with Crippen LogP contribution in [0.5, 0.6) is 0 Å². The Kier molecular flexibility index (Phi) is 41.9. The summed E-state index contributed by atoms with van der Waals surface area (Å²) in [4.78, 5) is 22.7. The molecule has 0 N–H and O–H groups in total. The van der Waals surface area contributed by atoms with Crippen LogP contribution in [0.2, 0.25) is 0 Å². The first kappa shape index (κ1) is 53.4. The van der Waals surface area contributed by atoms with Crippen LogP contribution in [0, 0.1) is 5.92 Å². The minimum atomic E-state index is 0.856. The van der Waals surface area contributed by atoms with Gasteiger partial charge in [-0.3, -0.25) is 4.90 Å². The van der Waals surface area contributed by atoms with Crippen LogP contribution < -0.4 is 0 Å². The molecule has 0 rings (SSSR count). The van der Waals surface area contributed by atoms with Gasteiger partial charge in [0.25, 0.3) is 0 Å². The molecule has 0 saturated heterocycles. The van der Waals surface area contributed by atoms with Crippen LogP contribution in [0.15, 0.2) is 0 Å². The Balaban J connectivity index is -0.000000269. The standard InChI is InChI=1S/C12H30N4.C10H24N2.C8H20N2.C7H18N2/c1-13(2)7-10-16(11-8-14(3)4)12-9-15(5)6;1-10(6-8-11(2)3)7-9-12(4)5;1-9(2)7-5-6-8-10(3)4;1-8(2)6-5-7-9(3)4/h7-12H2,1-6H3;10H,6-9H2,1-5H3;5-8H2,1-4H3;5-7H2,1-4H3. The average molecular weight is 677 g/mol. The lowest BCUT2D eigenvalue weighted by Crippen LogP contribution is -2.40. The van der Waals surface area contributed by atoms with Gasteiger partial charge in [-0.25, -0.2) is 0 Å². The summed E-state index contributed by atoms with van der Waals surface area (Å²) in [6, 6.07) is 0. The fraction of sp³-hybridized carbons (Fsp3) is 1.00. The maximum Gasteiger partial charge on any atom is 0.0110 e. The third-order valence-corrected chi connectivity index (χ3v) is 7.40. The summed E-state index contributed by atoms with van der Waals surface area (Å²) < 4.78 is 0. The molecule has 0 atom stereocenters. The summed E-state index contributed by atoms with van der Waals surface area (Å²) in [7, 11) is 38.3. The van der Waals surface area contributed by atoms with Gasteiger partial charge in [-0.05, 0) is 204 Å². The van der Waals surface area contributed by atoms with Gasteiger partial charge in [-0.2, -0.15) is 0 Å². The molecular formula is C37H92N10. The van der Waals surface area contributed by atoms with Crippen molar-refractivity contribution in [2.24, 2.45) is 5.92 Å². The molecule has 10 heteroatoms. The molecule has 0 aliphatic heterocycles. The highest BCUT2D eigenvalue weighted by Gasteiger charge is 2.06. The van der Waals surface area contributed by atoms with Crippen molar-refractivity contribution >= 4 is 0 Å². The zero-order valence-electron chi connectivity index (χ0n) is 36.1. The van der Waals surface area contributed by atoms with Crippen molar-refractivity contribution in [2.75, 3.05) is 205 Å². The largest absolute Gasteiger partial charge is 0.309 e. The molecule has 0 aliphatic rings. The summed E-state index contributed by atoms with van der Waals surface area (Å²) in [6.45, 7) is 16.5. The summed E-state index contributed by atoms with van der Waals surface area (Å²) in [5, 5.41) is 0. The van der Waals surface area contributed by atoms with E-state index in [1.807, 2.05) is 0 Å². The molecule has 0 saturated carbocycles. The number of hydrogen-bond donors (Lipinski definition) is 0. The van der Waals surface area contributed by atoms with Gasteiger partial charge in [0.05, 0.1) is 0 Å². The maximum atomic E-state index is 2.54. The van der Waals surface area contributed by atoms with Crippen LogP contribution in [0.4, 0.5) is 0 Å². The van der Waals surface area contributed by atoms with Crippen molar-refractivity contribution in [3.8, 4) is 0 Å². The predicted molar refractivity (Wildman–Crippen MR) is 216 cm³/mol. The van der Waals surface area contributed by atoms with Gasteiger partial charge in [-0.15, -0.1) is 0 Å². The van der Waals surface area contributed by atoms with E-state index in [-0.39, 0.29) is 0 Å². The molecule has 47 heavy (non-hydrogen) atoms. The number of rotatable bonds is 24. The molecule has 0 unspecified atom stereocenters. The molecule has 10 nitrogen and oxygen atoms in total. The molecule has 0 aromatic heterocycles. The molecule has 0 fully saturated rings. The first-order valence-electron chi connectivity index (χ1n) is 18.2. The Morgan fingerprint density at radius 2 is 0.468 bits per heavy atom. The van der Waals surface area contributed by atoms with Gasteiger partial charge in [-0.1, -0.05) is 6.92 Å². The highest BCUT2D eigenvalue weighted by molar-refractivity contribution is 4.63. The van der Waals surface area contributed by atoms with Gasteiger partial charge in [0.15, 0.2) is 0 Å². The van der Waals surface area contributed by atoms with E-state index in [1.54, 1.807) is 0 Å². The number of likely N-dealkylation sites (N-methyl/N-ethyl adjacent to an activating group) is 3. The Labute approximate surface area is 298 Å². The lowest BCUT2D eigenvalue weighted by atomic mass is 10.0. The quantitative estimate of drug-likeness (QED) is 0.143. The molecule has 0 aliphatic carbocycles. The second-order valence-electron chi connectivity index (χ2n) is 15.8. The fourth-order valence-electron chi connectivity index (χ4n) is 4.02. The molecule has 0 amide bonds. The van der Waals surface area contributed by atoms with Crippen LogP contribution in [0.1, 0.15) is 39.0 Å². The monoisotopic (exact) mass is 677 g/mol. The highest BCUT2D eigenvalue weighted by Crippen LogP contribution is 2.07. The molecule has 0 aromatic carbocycles. The number of hydrogen-bond acceptors (Lipinski definition) is 10. The van der Waals surface area contributed by atoms with Gasteiger partial charge >= 0.3 is 0 Å². The minimum Gasteiger partial charge on any atom is -0.309 e. The van der Waals surface area contributed by atoms with Crippen LogP contribution in [-0.4, -0.2) is 254 Å². The van der Waals surface area contributed by atoms with Crippen LogP contribution in [-0.2, 0) is 0 Å². The van der Waals surface area contributed by atoms with Gasteiger partial charge < -0.3 is 44.1 Å². The van der Waals surface area contributed by atoms with Crippen molar-refractivity contribution in [2.45, 2.75) is 39.0 Å². The third-order valence-electron chi connectivity index (χ3n) is 7.40. The van der Waals surface area contributed by atoms with Gasteiger partial charge in [0.2, 0.25) is 0 Å². The van der Waals surface area contributed by atoms with Crippen molar-refractivity contribution in [1.29, 1.82) is 0 Å². The predicted octanol–water partition coefficient (Wildman–Crippen LogP) is 2.89. The Morgan fingerprint density at radius 1 is 0.255 bits per heavy atom. The summed E-state index contributed by atoms with van der Waals surface area (Å²) in [5.74, 6) is 0.856. The van der Waals surface area contributed by atoms with E-state index in [9.17, 15) is 0 Å². The van der Waals surface area contributed by atoms with E-state index in [0.717, 1.165) is 45.2 Å². The molecule has 0 radical (unpaired) electrons. The Hall–Kier alpha value is -0.400. The maximum absolute atomic E-state index is 2.54. The summed E-state index contributed by atoms with van der Waals surface area (Å²) >= 11 is 0. The van der Waals surface area contributed by atoms with Crippen LogP contribution in [0.25, 0.3) is 0 Å². The lowest BCUT2D eigenvalue weighted by Gasteiger charge is -2.26. The summed E-state index contributed by atoms with van der Waals surface area (Å²) in [6.07, 6.45) is 6.53. The molecule has 0 spiro atoms. The smallest absolute Gasteiger partial charge is 0.0110 e. The van der Waals surface area contributed by atoms with Crippen molar-refractivity contribution < 1.29 is 0 Å². The minimum absolute atomic E-state index is 0.856. The van der Waals surface area contributed by atoms with Gasteiger partial charge in [0.1, 0.15) is 0 Å². The van der Waals surface area contributed by atoms with Crippen molar-refractivity contribution in [1.82, 2.24) is 49.0 Å². The molecule has 0 bridgehead atoms. The van der Waals surface area contributed by atoms with Crippen molar-refractivity contribution in [3.63, 3.8) is 0 Å². The highest BCUT2D eigenvalue weighted by atomic mass is 15.2. The van der Waals surface area contributed by atoms with Crippen molar-refractivity contribution in [3.05, 3.63) is 0 Å². The zero-order valence-corrected chi connectivity index (χ0v) is 36.1. The first-order valence-corrected chi connectivity index (χ1v) is 18.2. The van der Waals surface area contributed by atoms with E-state index < -0.39 is 0 Å². The molecule has 0 aromatic rings. The second-order valence-corrected chi connectivity index (χ2v) is 15.8. The van der Waals surface area contributed by atoms with Crippen LogP contribution >= 0.6 is 0 Å². The lowest BCUT2D eigenvalue weighted by molar-refractivity contribution is 0.201. The normalized spacial score (nSPS) is 11.9. The van der Waals surface area contributed by atoms with Gasteiger partial charge in [0, 0.05) is 39.3 Å². The second kappa shape index (κ2) is 36.9. The zero-order chi connectivity index (χ0) is 37.4. The van der Waals surface area contributed by atoms with E-state index in [1.165, 1.54) is 71.4 Å². The molecular weight excluding hydrogens is 584 g/mol. The average Bonchev–Trinajstić information content (AvgIpc) is 2.92. The Morgan fingerprint density at radius 3 is 0.681 bits per heavy atom.